The fourth-order valence-corrected chi connectivity index (χ4v) is 0.605. The Morgan fingerprint density at radius 3 is 2.55 bits per heavy atom. The van der Waals surface area contributed by atoms with Gasteiger partial charge < -0.3 is 16.0 Å². The van der Waals surface area contributed by atoms with Crippen molar-refractivity contribution in [1.82, 2.24) is 10.2 Å². The summed E-state index contributed by atoms with van der Waals surface area (Å²) in [7, 11) is 3.97. The Labute approximate surface area is 67.7 Å². The van der Waals surface area contributed by atoms with Gasteiger partial charge in [0.15, 0.2) is 0 Å². The molecule has 0 saturated carbocycles. The summed E-state index contributed by atoms with van der Waals surface area (Å²) in [5.41, 5.74) is 5.04. The largest absolute Gasteiger partial charge is 0.368 e. The zero-order valence-electron chi connectivity index (χ0n) is 7.42. The molecule has 1 atom stereocenters. The van der Waals surface area contributed by atoms with Gasteiger partial charge in [-0.25, -0.2) is 0 Å². The number of nitrogens with two attached hydrogens (primary N) is 1. The molecule has 0 spiro atoms. The molecule has 0 unspecified atom stereocenters. The minimum absolute atomic E-state index is 0.227. The fourth-order valence-electron chi connectivity index (χ4n) is 0.605. The zero-order chi connectivity index (χ0) is 8.85. The van der Waals surface area contributed by atoms with E-state index >= 15 is 0 Å². The van der Waals surface area contributed by atoms with Crippen LogP contribution in [0, 0.1) is 0 Å². The monoisotopic (exact) mass is 159 g/mol. The van der Waals surface area contributed by atoms with E-state index in [1.54, 1.807) is 6.92 Å². The van der Waals surface area contributed by atoms with Crippen molar-refractivity contribution in [3.63, 3.8) is 0 Å². The van der Waals surface area contributed by atoms with Crippen LogP contribution >= 0.6 is 0 Å². The molecule has 11 heavy (non-hydrogen) atoms. The Bertz CT molecular complexity index is 125. The third-order valence-electron chi connectivity index (χ3n) is 1.44. The number of amides is 1. The first-order valence-corrected chi connectivity index (χ1v) is 3.71. The SMILES string of the molecule is C[C@H](NCCN(C)C)C(N)=O. The molecule has 0 aromatic rings. The summed E-state index contributed by atoms with van der Waals surface area (Å²) in [6.45, 7) is 3.46. The molecular weight excluding hydrogens is 142 g/mol. The lowest BCUT2D eigenvalue weighted by molar-refractivity contribution is -0.119. The molecular formula is C7H17N3O. The number of hydrogen-bond acceptors (Lipinski definition) is 3. The summed E-state index contributed by atoms with van der Waals surface area (Å²) < 4.78 is 0. The van der Waals surface area contributed by atoms with Crippen LogP contribution < -0.4 is 11.1 Å². The molecule has 3 N–H and O–H groups in total. The molecule has 0 fully saturated rings. The van der Waals surface area contributed by atoms with Crippen molar-refractivity contribution in [3.05, 3.63) is 0 Å². The maximum absolute atomic E-state index is 10.5. The third kappa shape index (κ3) is 5.82. The van der Waals surface area contributed by atoms with E-state index in [0.29, 0.717) is 0 Å². The van der Waals surface area contributed by atoms with E-state index < -0.39 is 0 Å². The summed E-state index contributed by atoms with van der Waals surface area (Å²) in [6.07, 6.45) is 0. The number of nitrogens with zero attached hydrogens (tertiary/aromatic N) is 1. The Morgan fingerprint density at radius 2 is 2.18 bits per heavy atom. The first-order valence-electron chi connectivity index (χ1n) is 3.71. The summed E-state index contributed by atoms with van der Waals surface area (Å²) in [6, 6.07) is -0.227. The average molecular weight is 159 g/mol. The summed E-state index contributed by atoms with van der Waals surface area (Å²) in [5, 5.41) is 3.00. The number of carbonyl (C=O) groups excluding carboxylic acids is 1. The summed E-state index contributed by atoms with van der Waals surface area (Å²) >= 11 is 0. The van der Waals surface area contributed by atoms with Crippen LogP contribution in [0.15, 0.2) is 0 Å². The van der Waals surface area contributed by atoms with Crippen LogP contribution in [0.4, 0.5) is 0 Å². The van der Waals surface area contributed by atoms with E-state index in [9.17, 15) is 4.79 Å². The van der Waals surface area contributed by atoms with Crippen molar-refractivity contribution in [2.75, 3.05) is 27.2 Å². The molecule has 0 aliphatic heterocycles. The highest BCUT2D eigenvalue weighted by atomic mass is 16.1. The van der Waals surface area contributed by atoms with Crippen LogP contribution in [0.5, 0.6) is 0 Å². The Hall–Kier alpha value is -0.610. The number of nitrogens with one attached hydrogen (secondary N) is 1. The van der Waals surface area contributed by atoms with Crippen molar-refractivity contribution in [1.29, 1.82) is 0 Å². The van der Waals surface area contributed by atoms with Gasteiger partial charge in [-0.05, 0) is 21.0 Å². The Balaban J connectivity index is 3.31. The van der Waals surface area contributed by atoms with E-state index in [4.69, 9.17) is 5.73 Å². The van der Waals surface area contributed by atoms with Gasteiger partial charge in [0.05, 0.1) is 6.04 Å². The minimum Gasteiger partial charge on any atom is -0.368 e. The molecule has 0 aromatic heterocycles. The number of rotatable bonds is 5. The lowest BCUT2D eigenvalue weighted by Gasteiger charge is -2.13. The molecule has 0 aliphatic carbocycles. The molecule has 0 heterocycles. The minimum atomic E-state index is -0.302. The standard InChI is InChI=1S/C7H17N3O/c1-6(7(8)11)9-4-5-10(2)3/h6,9H,4-5H2,1-3H3,(H2,8,11)/t6-/m0/s1. The van der Waals surface area contributed by atoms with Crippen molar-refractivity contribution < 1.29 is 4.79 Å². The smallest absolute Gasteiger partial charge is 0.234 e. The first-order chi connectivity index (χ1) is 5.04. The Morgan fingerprint density at radius 1 is 1.64 bits per heavy atom. The van der Waals surface area contributed by atoms with Crippen LogP contribution in [0.2, 0.25) is 0 Å². The highest BCUT2D eigenvalue weighted by Gasteiger charge is 2.05. The molecule has 66 valence electrons. The van der Waals surface area contributed by atoms with Crippen LogP contribution in [-0.2, 0) is 4.79 Å². The van der Waals surface area contributed by atoms with Crippen molar-refractivity contribution >= 4 is 5.91 Å². The summed E-state index contributed by atoms with van der Waals surface area (Å²) in [5.74, 6) is -0.302. The van der Waals surface area contributed by atoms with Gasteiger partial charge in [0.25, 0.3) is 0 Å². The van der Waals surface area contributed by atoms with Gasteiger partial charge in [-0.3, -0.25) is 4.79 Å². The van der Waals surface area contributed by atoms with E-state index in [2.05, 4.69) is 5.32 Å². The second kappa shape index (κ2) is 5.09. The molecule has 0 radical (unpaired) electrons. The van der Waals surface area contributed by atoms with Gasteiger partial charge in [0.1, 0.15) is 0 Å². The number of carbonyl (C=O) groups is 1. The van der Waals surface area contributed by atoms with E-state index in [-0.39, 0.29) is 11.9 Å². The lowest BCUT2D eigenvalue weighted by atomic mass is 10.3. The highest BCUT2D eigenvalue weighted by Crippen LogP contribution is 1.78. The second-order valence-corrected chi connectivity index (χ2v) is 2.88. The van der Waals surface area contributed by atoms with Gasteiger partial charge in [-0.15, -0.1) is 0 Å². The lowest BCUT2D eigenvalue weighted by Crippen LogP contribution is -2.41. The fraction of sp³-hybridized carbons (Fsp3) is 0.857. The topological polar surface area (TPSA) is 58.4 Å². The van der Waals surface area contributed by atoms with Crippen molar-refractivity contribution in [3.8, 4) is 0 Å². The van der Waals surface area contributed by atoms with Gasteiger partial charge in [-0.2, -0.15) is 0 Å². The molecule has 0 aromatic carbocycles. The first kappa shape index (κ1) is 10.4. The molecule has 0 bridgehead atoms. The van der Waals surface area contributed by atoms with Crippen LogP contribution in [-0.4, -0.2) is 44.0 Å². The molecule has 4 heteroatoms. The van der Waals surface area contributed by atoms with E-state index in [1.165, 1.54) is 0 Å². The average Bonchev–Trinajstić information content (AvgIpc) is 1.86. The van der Waals surface area contributed by atoms with Crippen LogP contribution in [0.1, 0.15) is 6.92 Å². The second-order valence-electron chi connectivity index (χ2n) is 2.88. The van der Waals surface area contributed by atoms with Gasteiger partial charge >= 0.3 is 0 Å². The van der Waals surface area contributed by atoms with Crippen molar-refractivity contribution in [2.45, 2.75) is 13.0 Å². The molecule has 1 amide bonds. The number of hydrogen-bond donors (Lipinski definition) is 2. The van der Waals surface area contributed by atoms with E-state index in [1.807, 2.05) is 19.0 Å². The third-order valence-corrected chi connectivity index (χ3v) is 1.44. The van der Waals surface area contributed by atoms with Crippen molar-refractivity contribution in [2.24, 2.45) is 5.73 Å². The normalized spacial score (nSPS) is 13.5. The van der Waals surface area contributed by atoms with Crippen LogP contribution in [0.25, 0.3) is 0 Å². The summed E-state index contributed by atoms with van der Waals surface area (Å²) in [4.78, 5) is 12.6. The quantitative estimate of drug-likeness (QED) is 0.541. The highest BCUT2D eigenvalue weighted by molar-refractivity contribution is 5.79. The molecule has 0 saturated heterocycles. The number of likely N-dealkylation sites (N-methyl/N-ethyl adjacent to an activating group) is 1. The molecule has 4 nitrogen and oxygen atoms in total. The molecule has 0 aliphatic rings. The predicted octanol–water partition coefficient (Wildman–Crippen LogP) is -0.989. The maximum Gasteiger partial charge on any atom is 0.234 e. The number of primary amides is 1. The van der Waals surface area contributed by atoms with Gasteiger partial charge in [-0.1, -0.05) is 0 Å². The van der Waals surface area contributed by atoms with Gasteiger partial charge in [0, 0.05) is 13.1 Å². The predicted molar refractivity (Wildman–Crippen MR) is 45.2 cm³/mol. The zero-order valence-corrected chi connectivity index (χ0v) is 7.42. The maximum atomic E-state index is 10.5. The Kier molecular flexibility index (Phi) is 4.81. The van der Waals surface area contributed by atoms with Gasteiger partial charge in [0.2, 0.25) is 5.91 Å². The van der Waals surface area contributed by atoms with Crippen LogP contribution in [0.3, 0.4) is 0 Å². The van der Waals surface area contributed by atoms with E-state index in [0.717, 1.165) is 13.1 Å². The molecule has 0 rings (SSSR count).